The van der Waals surface area contributed by atoms with E-state index in [4.69, 9.17) is 9.47 Å². The summed E-state index contributed by atoms with van der Waals surface area (Å²) >= 11 is 0. The highest BCUT2D eigenvalue weighted by Crippen LogP contribution is 2.76. The van der Waals surface area contributed by atoms with E-state index in [2.05, 4.69) is 26.0 Å². The van der Waals surface area contributed by atoms with Crippen LogP contribution in [0, 0.1) is 45.8 Å². The van der Waals surface area contributed by atoms with Crippen LogP contribution in [0.4, 0.5) is 0 Å². The molecule has 6 aliphatic rings. The average molecular weight is 493 g/mol. The minimum atomic E-state index is -0.987. The summed E-state index contributed by atoms with van der Waals surface area (Å²) in [5.74, 6) is -0.107. The van der Waals surface area contributed by atoms with Crippen LogP contribution in [0.3, 0.4) is 0 Å². The van der Waals surface area contributed by atoms with Gasteiger partial charge in [0.2, 0.25) is 0 Å². The van der Waals surface area contributed by atoms with Crippen molar-refractivity contribution in [1.29, 1.82) is 0 Å². The molecule has 192 valence electrons. The fourth-order valence-corrected chi connectivity index (χ4v) is 9.59. The molecule has 2 saturated heterocycles. The summed E-state index contributed by atoms with van der Waals surface area (Å²) in [6.45, 7) is 9.42. The van der Waals surface area contributed by atoms with Crippen molar-refractivity contribution in [1.82, 2.24) is 0 Å². The number of hydrogen-bond donors (Lipinski definition) is 0. The fourth-order valence-electron chi connectivity index (χ4n) is 9.59. The van der Waals surface area contributed by atoms with Gasteiger partial charge in [-0.3, -0.25) is 19.2 Å². The molecule has 10 atom stereocenters. The molecule has 0 aromatic carbocycles. The van der Waals surface area contributed by atoms with Crippen molar-refractivity contribution in [3.63, 3.8) is 0 Å². The predicted octanol–water partition coefficient (Wildman–Crippen LogP) is 4.53. The Morgan fingerprint density at radius 1 is 1.00 bits per heavy atom. The van der Waals surface area contributed by atoms with E-state index in [0.29, 0.717) is 24.8 Å². The zero-order valence-corrected chi connectivity index (χ0v) is 21.8. The van der Waals surface area contributed by atoms with Crippen LogP contribution in [0.25, 0.3) is 0 Å². The summed E-state index contributed by atoms with van der Waals surface area (Å²) in [6.07, 6.45) is 10.8. The zero-order valence-electron chi connectivity index (χ0n) is 21.8. The molecule has 0 amide bonds. The van der Waals surface area contributed by atoms with Crippen molar-refractivity contribution in [3.8, 4) is 0 Å². The molecule has 2 heterocycles. The summed E-state index contributed by atoms with van der Waals surface area (Å²) in [5.41, 5.74) is -0.502. The number of Topliss-reactive ketones (excluding diaryl/α,β-unsaturated/α-hetero) is 1. The van der Waals surface area contributed by atoms with E-state index >= 15 is 0 Å². The van der Waals surface area contributed by atoms with Gasteiger partial charge >= 0.3 is 11.9 Å². The Hall–Kier alpha value is -2.50. The Kier molecular flexibility index (Phi) is 4.98. The smallest absolute Gasteiger partial charge is 0.317 e. The van der Waals surface area contributed by atoms with Crippen molar-refractivity contribution in [2.24, 2.45) is 45.8 Å². The molecule has 4 fully saturated rings. The van der Waals surface area contributed by atoms with Crippen LogP contribution >= 0.6 is 0 Å². The third-order valence-electron chi connectivity index (χ3n) is 11.2. The third kappa shape index (κ3) is 2.68. The first-order valence-electron chi connectivity index (χ1n) is 13.5. The minimum Gasteiger partial charge on any atom is -0.462 e. The van der Waals surface area contributed by atoms with Gasteiger partial charge in [0.1, 0.15) is 17.6 Å². The molecule has 0 radical (unpaired) electrons. The average Bonchev–Trinajstić information content (AvgIpc) is 3.17. The highest BCUT2D eigenvalue weighted by molar-refractivity contribution is 6.03. The summed E-state index contributed by atoms with van der Waals surface area (Å²) in [6, 6.07) is 0. The van der Waals surface area contributed by atoms with E-state index in [1.165, 1.54) is 6.92 Å². The summed E-state index contributed by atoms with van der Waals surface area (Å²) in [4.78, 5) is 52.0. The van der Waals surface area contributed by atoms with Gasteiger partial charge in [-0.15, -0.1) is 0 Å². The van der Waals surface area contributed by atoms with Crippen LogP contribution in [-0.4, -0.2) is 35.7 Å². The van der Waals surface area contributed by atoms with Gasteiger partial charge in [-0.25, -0.2) is 0 Å². The van der Waals surface area contributed by atoms with E-state index in [1.54, 1.807) is 13.0 Å². The van der Waals surface area contributed by atoms with Gasteiger partial charge in [-0.05, 0) is 82.3 Å². The van der Waals surface area contributed by atoms with Crippen LogP contribution < -0.4 is 0 Å². The highest BCUT2D eigenvalue weighted by atomic mass is 16.6. The van der Waals surface area contributed by atoms with Gasteiger partial charge in [0.15, 0.2) is 11.6 Å². The lowest BCUT2D eigenvalue weighted by Gasteiger charge is -2.54. The Morgan fingerprint density at radius 2 is 1.69 bits per heavy atom. The van der Waals surface area contributed by atoms with E-state index in [0.717, 1.165) is 18.4 Å². The maximum absolute atomic E-state index is 13.8. The first-order chi connectivity index (χ1) is 17.0. The molecule has 5 unspecified atom stereocenters. The van der Waals surface area contributed by atoms with Crippen molar-refractivity contribution in [2.75, 3.05) is 0 Å². The van der Waals surface area contributed by atoms with Crippen LogP contribution in [0.2, 0.25) is 0 Å². The zero-order chi connectivity index (χ0) is 25.8. The Bertz CT molecular complexity index is 1180. The van der Waals surface area contributed by atoms with Crippen LogP contribution in [0.1, 0.15) is 66.7 Å². The number of allylic oxidation sites excluding steroid dienone is 5. The molecule has 6 heteroatoms. The topological polar surface area (TPSA) is 86.7 Å². The normalized spacial score (nSPS) is 48.6. The van der Waals surface area contributed by atoms with Crippen molar-refractivity contribution >= 4 is 23.5 Å². The SMILES string of the molecule is CC(=O)/C=C/C1=CC[C@H]2[C@@H](C[C@@H]1C)OC(=O)[C@@]21C[C@@H]2CC3C4CC(C)C2(C=C1C(C)=O)C3(C)C(=O)O4. The molecule has 2 saturated carbocycles. The lowest BCUT2D eigenvalue weighted by atomic mass is 9.46. The largest absolute Gasteiger partial charge is 0.462 e. The molecule has 6 nitrogen and oxygen atoms in total. The number of carbonyl (C=O) groups is 4. The number of esters is 2. The predicted molar refractivity (Wildman–Crippen MR) is 131 cm³/mol. The molecule has 4 aliphatic carbocycles. The van der Waals surface area contributed by atoms with E-state index in [-0.39, 0.29) is 65.3 Å². The first-order valence-corrected chi connectivity index (χ1v) is 13.5. The molecule has 0 aromatic rings. The monoisotopic (exact) mass is 492 g/mol. The van der Waals surface area contributed by atoms with Gasteiger partial charge in [-0.2, -0.15) is 0 Å². The van der Waals surface area contributed by atoms with Crippen LogP contribution in [0.5, 0.6) is 0 Å². The Morgan fingerprint density at radius 3 is 2.39 bits per heavy atom. The van der Waals surface area contributed by atoms with E-state index in [1.807, 2.05) is 13.0 Å². The maximum Gasteiger partial charge on any atom is 0.317 e. The van der Waals surface area contributed by atoms with Crippen LogP contribution in [0.15, 0.2) is 35.5 Å². The molecular weight excluding hydrogens is 456 g/mol. The quantitative estimate of drug-likeness (QED) is 0.425. The maximum atomic E-state index is 13.8. The highest BCUT2D eigenvalue weighted by Gasteiger charge is 2.79. The van der Waals surface area contributed by atoms with Gasteiger partial charge < -0.3 is 9.47 Å². The van der Waals surface area contributed by atoms with Gasteiger partial charge in [0.05, 0.1) is 5.41 Å². The van der Waals surface area contributed by atoms with Crippen LogP contribution in [-0.2, 0) is 28.7 Å². The standard InChI is InChI=1S/C30H36O6/c1-15-10-24-21(9-8-19(15)7-6-17(3)31)29(27(34)36-24)13-20-12-22-25-11-16(2)30(20,14-23(29)18(4)32)28(22,5)26(33)35-25/h6-8,14-16,20-22,24-25H,9-13H2,1-5H3/b7-6+/t15-,16?,20-,21-,22?,24+,25?,28?,29-,30?/m0/s1. The second-order valence-electron chi connectivity index (χ2n) is 12.6. The van der Waals surface area contributed by atoms with Crippen molar-refractivity contribution in [3.05, 3.63) is 35.5 Å². The molecular formula is C30H36O6. The minimum absolute atomic E-state index is 0.00221. The number of rotatable bonds is 3. The van der Waals surface area contributed by atoms with E-state index < -0.39 is 16.2 Å². The van der Waals surface area contributed by atoms with E-state index in [9.17, 15) is 19.2 Å². The first kappa shape index (κ1) is 23.9. The fraction of sp³-hybridized carbons (Fsp3) is 0.667. The number of ether oxygens (including phenoxy) is 2. The number of hydrogen-bond acceptors (Lipinski definition) is 6. The number of ketones is 2. The molecule has 6 rings (SSSR count). The van der Waals surface area contributed by atoms with Gasteiger partial charge in [0.25, 0.3) is 0 Å². The molecule has 36 heavy (non-hydrogen) atoms. The lowest BCUT2D eigenvalue weighted by molar-refractivity contribution is -0.154. The molecule has 0 N–H and O–H groups in total. The summed E-state index contributed by atoms with van der Waals surface area (Å²) in [5, 5.41) is 0. The molecule has 2 aliphatic heterocycles. The van der Waals surface area contributed by atoms with Gasteiger partial charge in [0, 0.05) is 22.8 Å². The lowest BCUT2D eigenvalue weighted by Crippen LogP contribution is -2.55. The molecule has 4 bridgehead atoms. The number of carbonyl (C=O) groups excluding carboxylic acids is 4. The second-order valence-corrected chi connectivity index (χ2v) is 12.6. The Balaban J connectivity index is 1.49. The second kappa shape index (κ2) is 7.52. The molecule has 2 spiro atoms. The molecule has 0 aromatic heterocycles. The Labute approximate surface area is 212 Å². The van der Waals surface area contributed by atoms with Gasteiger partial charge in [-0.1, -0.05) is 32.1 Å². The third-order valence-corrected chi connectivity index (χ3v) is 11.2. The van der Waals surface area contributed by atoms with Crippen molar-refractivity contribution in [2.45, 2.75) is 78.9 Å². The summed E-state index contributed by atoms with van der Waals surface area (Å²) < 4.78 is 12.0. The number of fused-ring (bicyclic) bond motifs is 2. The summed E-state index contributed by atoms with van der Waals surface area (Å²) in [7, 11) is 0. The van der Waals surface area contributed by atoms with Crippen molar-refractivity contribution < 1.29 is 28.7 Å².